The maximum atomic E-state index is 12.7. The minimum absolute atomic E-state index is 0.0620. The minimum Gasteiger partial charge on any atom is -0.505 e. The molecule has 0 bridgehead atoms. The second kappa shape index (κ2) is 6.96. The molecule has 0 unspecified atom stereocenters. The summed E-state index contributed by atoms with van der Waals surface area (Å²) in [6.45, 7) is 5.29. The van der Waals surface area contributed by atoms with E-state index in [0.717, 1.165) is 0 Å². The molecule has 0 atom stereocenters. The summed E-state index contributed by atoms with van der Waals surface area (Å²) in [6.07, 6.45) is 0. The number of para-hydroxylation sites is 1. The molecule has 2 aromatic carbocycles. The Labute approximate surface area is 134 Å². The van der Waals surface area contributed by atoms with Crippen LogP contribution in [0.1, 0.15) is 40.1 Å². The van der Waals surface area contributed by atoms with Gasteiger partial charge in [-0.1, -0.05) is 24.3 Å². The lowest BCUT2D eigenvalue weighted by molar-refractivity contribution is 0.0692. The normalized spacial score (nSPS) is 10.3. The lowest BCUT2D eigenvalue weighted by Gasteiger charge is -2.23. The highest BCUT2D eigenvalue weighted by atomic mass is 16.4. The van der Waals surface area contributed by atoms with Gasteiger partial charge in [-0.3, -0.25) is 4.79 Å². The highest BCUT2D eigenvalue weighted by Gasteiger charge is 2.22. The number of phenolic OH excluding ortho intramolecular Hbond substituents is 1. The van der Waals surface area contributed by atoms with Crippen molar-refractivity contribution in [3.05, 3.63) is 59.2 Å². The average molecular weight is 313 g/mol. The van der Waals surface area contributed by atoms with E-state index in [1.807, 2.05) is 18.7 Å². The lowest BCUT2D eigenvalue weighted by atomic mass is 9.97. The van der Waals surface area contributed by atoms with Crippen molar-refractivity contribution in [2.45, 2.75) is 13.8 Å². The lowest BCUT2D eigenvalue weighted by Crippen LogP contribution is -2.22. The zero-order chi connectivity index (χ0) is 17.0. The predicted octanol–water partition coefficient (Wildman–Crippen LogP) is 3.17. The molecule has 0 heterocycles. The van der Waals surface area contributed by atoms with Crippen LogP contribution < -0.4 is 4.90 Å². The number of hydrogen-bond acceptors (Lipinski definition) is 4. The zero-order valence-corrected chi connectivity index (χ0v) is 13.1. The number of phenols is 1. The Balaban J connectivity index is 2.53. The number of aromatic hydroxyl groups is 1. The molecule has 5 heteroatoms. The Bertz CT molecular complexity index is 736. The molecule has 0 amide bonds. The smallest absolute Gasteiger partial charge is 0.336 e. The first kappa shape index (κ1) is 16.5. The van der Waals surface area contributed by atoms with Gasteiger partial charge in [0.2, 0.25) is 0 Å². The van der Waals surface area contributed by atoms with Gasteiger partial charge in [0.25, 0.3) is 0 Å². The fraction of sp³-hybridized carbons (Fsp3) is 0.222. The van der Waals surface area contributed by atoms with E-state index in [0.29, 0.717) is 18.8 Å². The Morgan fingerprint density at radius 2 is 1.48 bits per heavy atom. The van der Waals surface area contributed by atoms with Crippen LogP contribution in [0.2, 0.25) is 0 Å². The van der Waals surface area contributed by atoms with E-state index in [-0.39, 0.29) is 22.4 Å². The fourth-order valence-corrected chi connectivity index (χ4v) is 2.55. The van der Waals surface area contributed by atoms with Gasteiger partial charge < -0.3 is 15.1 Å². The molecule has 0 aromatic heterocycles. The molecule has 120 valence electrons. The van der Waals surface area contributed by atoms with Crippen LogP contribution in [0, 0.1) is 0 Å². The molecular weight excluding hydrogens is 294 g/mol. The summed E-state index contributed by atoms with van der Waals surface area (Å²) >= 11 is 0. The van der Waals surface area contributed by atoms with Crippen LogP contribution in [0.25, 0.3) is 0 Å². The molecular formula is C18H19NO4. The molecule has 2 rings (SSSR count). The fourth-order valence-electron chi connectivity index (χ4n) is 2.55. The van der Waals surface area contributed by atoms with E-state index in [4.69, 9.17) is 0 Å². The molecule has 0 fully saturated rings. The van der Waals surface area contributed by atoms with Gasteiger partial charge in [-0.15, -0.1) is 0 Å². The van der Waals surface area contributed by atoms with Crippen molar-refractivity contribution in [1.29, 1.82) is 0 Å². The molecule has 0 aliphatic heterocycles. The first-order valence-electron chi connectivity index (χ1n) is 7.45. The molecule has 2 aromatic rings. The SMILES string of the molecule is CCN(CC)c1cccc(C(=O)c2ccccc2C(=O)O)c1O. The molecule has 23 heavy (non-hydrogen) atoms. The second-order valence-corrected chi connectivity index (χ2v) is 5.03. The number of ketones is 1. The summed E-state index contributed by atoms with van der Waals surface area (Å²) in [7, 11) is 0. The maximum absolute atomic E-state index is 12.7. The first-order chi connectivity index (χ1) is 11.0. The van der Waals surface area contributed by atoms with Gasteiger partial charge >= 0.3 is 5.97 Å². The number of carbonyl (C=O) groups is 2. The standard InChI is InChI=1S/C18H19NO4/c1-3-19(4-2)15-11-7-10-14(17(15)21)16(20)12-8-5-6-9-13(12)18(22)23/h5-11,21H,3-4H2,1-2H3,(H,22,23). The molecule has 2 N–H and O–H groups in total. The summed E-state index contributed by atoms with van der Waals surface area (Å²) in [5, 5.41) is 19.7. The van der Waals surface area contributed by atoms with Crippen LogP contribution >= 0.6 is 0 Å². The van der Waals surface area contributed by atoms with Crippen LogP contribution in [0.4, 0.5) is 5.69 Å². The zero-order valence-electron chi connectivity index (χ0n) is 13.1. The van der Waals surface area contributed by atoms with Crippen molar-refractivity contribution in [3.8, 4) is 5.75 Å². The van der Waals surface area contributed by atoms with Gasteiger partial charge in [0.1, 0.15) is 5.75 Å². The Kier molecular flexibility index (Phi) is 5.01. The molecule has 5 nitrogen and oxygen atoms in total. The van der Waals surface area contributed by atoms with Crippen molar-refractivity contribution in [1.82, 2.24) is 0 Å². The quantitative estimate of drug-likeness (QED) is 0.801. The van der Waals surface area contributed by atoms with Gasteiger partial charge in [-0.2, -0.15) is 0 Å². The van der Waals surface area contributed by atoms with E-state index in [9.17, 15) is 19.8 Å². The van der Waals surface area contributed by atoms with Crippen LogP contribution in [-0.2, 0) is 0 Å². The largest absolute Gasteiger partial charge is 0.505 e. The number of hydrogen-bond donors (Lipinski definition) is 2. The number of carboxylic acid groups (broad SMARTS) is 1. The maximum Gasteiger partial charge on any atom is 0.336 e. The van der Waals surface area contributed by atoms with Gasteiger partial charge in [0, 0.05) is 18.7 Å². The van der Waals surface area contributed by atoms with Crippen molar-refractivity contribution >= 4 is 17.4 Å². The van der Waals surface area contributed by atoms with Gasteiger partial charge in [-0.05, 0) is 32.0 Å². The number of nitrogens with zero attached hydrogens (tertiary/aromatic N) is 1. The Morgan fingerprint density at radius 1 is 0.913 bits per heavy atom. The number of anilines is 1. The van der Waals surface area contributed by atoms with E-state index >= 15 is 0 Å². The molecule has 0 saturated carbocycles. The van der Waals surface area contributed by atoms with Gasteiger partial charge in [-0.25, -0.2) is 4.79 Å². The minimum atomic E-state index is -1.17. The van der Waals surface area contributed by atoms with Crippen LogP contribution in [0.3, 0.4) is 0 Å². The first-order valence-corrected chi connectivity index (χ1v) is 7.45. The predicted molar refractivity (Wildman–Crippen MR) is 88.5 cm³/mol. The van der Waals surface area contributed by atoms with E-state index in [2.05, 4.69) is 0 Å². The highest BCUT2D eigenvalue weighted by molar-refractivity contribution is 6.16. The number of carbonyl (C=O) groups excluding carboxylic acids is 1. The number of benzene rings is 2. The number of aromatic carboxylic acids is 1. The van der Waals surface area contributed by atoms with Crippen molar-refractivity contribution in [3.63, 3.8) is 0 Å². The molecule has 0 radical (unpaired) electrons. The number of carboxylic acids is 1. The van der Waals surface area contributed by atoms with Gasteiger partial charge in [0.15, 0.2) is 5.78 Å². The Hall–Kier alpha value is -2.82. The summed E-state index contributed by atoms with van der Waals surface area (Å²) in [6, 6.07) is 10.9. The van der Waals surface area contributed by atoms with E-state index in [1.54, 1.807) is 24.3 Å². The highest BCUT2D eigenvalue weighted by Crippen LogP contribution is 2.32. The molecule has 0 saturated heterocycles. The summed E-state index contributed by atoms with van der Waals surface area (Å²) < 4.78 is 0. The average Bonchev–Trinajstić information content (AvgIpc) is 2.56. The third kappa shape index (κ3) is 3.18. The summed E-state index contributed by atoms with van der Waals surface area (Å²) in [5.74, 6) is -1.80. The van der Waals surface area contributed by atoms with Crippen molar-refractivity contribution in [2.75, 3.05) is 18.0 Å². The second-order valence-electron chi connectivity index (χ2n) is 5.03. The monoisotopic (exact) mass is 313 g/mol. The molecule has 0 spiro atoms. The van der Waals surface area contributed by atoms with Crippen LogP contribution in [-0.4, -0.2) is 35.1 Å². The third-order valence-corrected chi connectivity index (χ3v) is 3.77. The topological polar surface area (TPSA) is 77.8 Å². The summed E-state index contributed by atoms with van der Waals surface area (Å²) in [4.78, 5) is 25.9. The van der Waals surface area contributed by atoms with Gasteiger partial charge in [0.05, 0.1) is 16.8 Å². The van der Waals surface area contributed by atoms with Crippen LogP contribution in [0.5, 0.6) is 5.75 Å². The Morgan fingerprint density at radius 3 is 2.04 bits per heavy atom. The molecule has 0 aliphatic rings. The van der Waals surface area contributed by atoms with E-state index < -0.39 is 11.8 Å². The van der Waals surface area contributed by atoms with Crippen LogP contribution in [0.15, 0.2) is 42.5 Å². The summed E-state index contributed by atoms with van der Waals surface area (Å²) in [5.41, 5.74) is 0.647. The van der Waals surface area contributed by atoms with E-state index in [1.165, 1.54) is 18.2 Å². The third-order valence-electron chi connectivity index (χ3n) is 3.77. The number of rotatable bonds is 6. The van der Waals surface area contributed by atoms with Crippen molar-refractivity contribution in [2.24, 2.45) is 0 Å². The van der Waals surface area contributed by atoms with Crippen molar-refractivity contribution < 1.29 is 19.8 Å². The molecule has 0 aliphatic carbocycles.